The van der Waals surface area contributed by atoms with Crippen LogP contribution in [-0.4, -0.2) is 19.2 Å². The van der Waals surface area contributed by atoms with Gasteiger partial charge in [-0.15, -0.1) is 0 Å². The van der Waals surface area contributed by atoms with E-state index in [1.807, 2.05) is 24.3 Å². The molecule has 0 N–H and O–H groups in total. The monoisotopic (exact) mass is 236 g/mol. The van der Waals surface area contributed by atoms with Crippen LogP contribution < -0.4 is 4.74 Å². The molecule has 0 saturated carbocycles. The number of methoxy groups -OCH3 is 1. The summed E-state index contributed by atoms with van der Waals surface area (Å²) in [6.07, 6.45) is 0.456. The lowest BCUT2D eigenvalue weighted by Crippen LogP contribution is -2.25. The molecule has 0 fully saturated rings. The summed E-state index contributed by atoms with van der Waals surface area (Å²) in [5, 5.41) is 0. The molecule has 0 aromatic heterocycles. The van der Waals surface area contributed by atoms with Crippen LogP contribution in [0.25, 0.3) is 0 Å². The molecule has 94 valence electrons. The summed E-state index contributed by atoms with van der Waals surface area (Å²) in [6, 6.07) is 7.82. The summed E-state index contributed by atoms with van der Waals surface area (Å²) in [4.78, 5) is 11.3. The van der Waals surface area contributed by atoms with Gasteiger partial charge in [0.2, 0.25) is 0 Å². The Morgan fingerprint density at radius 1 is 1.29 bits per heavy atom. The van der Waals surface area contributed by atoms with Crippen molar-refractivity contribution in [3.8, 4) is 5.75 Å². The van der Waals surface area contributed by atoms with Gasteiger partial charge in [0.05, 0.1) is 7.11 Å². The van der Waals surface area contributed by atoms with E-state index < -0.39 is 6.10 Å². The Labute approximate surface area is 103 Å². The van der Waals surface area contributed by atoms with E-state index in [2.05, 4.69) is 18.6 Å². The SMILES string of the molecule is CCC(C)c1ccccc1OC(C)C(=O)OC. The van der Waals surface area contributed by atoms with Crippen molar-refractivity contribution in [3.63, 3.8) is 0 Å². The summed E-state index contributed by atoms with van der Waals surface area (Å²) < 4.78 is 10.3. The Bertz CT molecular complexity index is 373. The van der Waals surface area contributed by atoms with E-state index in [1.165, 1.54) is 7.11 Å². The molecule has 1 aromatic carbocycles. The maximum Gasteiger partial charge on any atom is 0.346 e. The molecular weight excluding hydrogens is 216 g/mol. The highest BCUT2D eigenvalue weighted by molar-refractivity contribution is 5.74. The van der Waals surface area contributed by atoms with Gasteiger partial charge in [0.25, 0.3) is 0 Å². The molecule has 0 bridgehead atoms. The Kier molecular flexibility index (Phi) is 5.01. The van der Waals surface area contributed by atoms with Crippen molar-refractivity contribution in [1.82, 2.24) is 0 Å². The molecule has 0 aliphatic rings. The van der Waals surface area contributed by atoms with Crippen LogP contribution in [0, 0.1) is 0 Å². The predicted molar refractivity (Wildman–Crippen MR) is 67.3 cm³/mol. The van der Waals surface area contributed by atoms with Gasteiger partial charge in [-0.25, -0.2) is 4.79 Å². The number of carbonyl (C=O) groups excluding carboxylic acids is 1. The number of carbonyl (C=O) groups is 1. The first-order chi connectivity index (χ1) is 8.10. The molecule has 0 spiro atoms. The van der Waals surface area contributed by atoms with Crippen molar-refractivity contribution in [2.75, 3.05) is 7.11 Å². The maximum atomic E-state index is 11.3. The van der Waals surface area contributed by atoms with E-state index in [0.717, 1.165) is 17.7 Å². The highest BCUT2D eigenvalue weighted by atomic mass is 16.6. The summed E-state index contributed by atoms with van der Waals surface area (Å²) in [6.45, 7) is 5.97. The fraction of sp³-hybridized carbons (Fsp3) is 0.500. The van der Waals surface area contributed by atoms with Crippen LogP contribution in [0.3, 0.4) is 0 Å². The molecule has 3 nitrogen and oxygen atoms in total. The Morgan fingerprint density at radius 3 is 2.53 bits per heavy atom. The number of hydrogen-bond acceptors (Lipinski definition) is 3. The van der Waals surface area contributed by atoms with Crippen molar-refractivity contribution in [2.24, 2.45) is 0 Å². The van der Waals surface area contributed by atoms with E-state index in [4.69, 9.17) is 4.74 Å². The summed E-state index contributed by atoms with van der Waals surface area (Å²) >= 11 is 0. The third-order valence-electron chi connectivity index (χ3n) is 2.90. The van der Waals surface area contributed by atoms with Crippen molar-refractivity contribution in [1.29, 1.82) is 0 Å². The minimum Gasteiger partial charge on any atom is -0.479 e. The number of benzene rings is 1. The molecule has 0 radical (unpaired) electrons. The summed E-state index contributed by atoms with van der Waals surface area (Å²) in [5.74, 6) is 0.819. The second kappa shape index (κ2) is 6.28. The second-order valence-corrected chi connectivity index (χ2v) is 4.13. The van der Waals surface area contributed by atoms with Crippen molar-refractivity contribution in [3.05, 3.63) is 29.8 Å². The summed E-state index contributed by atoms with van der Waals surface area (Å²) in [5.41, 5.74) is 1.13. The molecule has 0 aliphatic carbocycles. The molecular formula is C14H20O3. The van der Waals surface area contributed by atoms with Crippen LogP contribution in [0.15, 0.2) is 24.3 Å². The molecule has 0 amide bonds. The fourth-order valence-electron chi connectivity index (χ4n) is 1.62. The Morgan fingerprint density at radius 2 is 1.94 bits per heavy atom. The standard InChI is InChI=1S/C14H20O3/c1-5-10(2)12-8-6-7-9-13(12)17-11(3)14(15)16-4/h6-11H,5H2,1-4H3. The molecule has 0 heterocycles. The lowest BCUT2D eigenvalue weighted by atomic mass is 9.98. The zero-order valence-electron chi connectivity index (χ0n) is 10.9. The normalized spacial score (nSPS) is 13.9. The van der Waals surface area contributed by atoms with Crippen LogP contribution in [0.2, 0.25) is 0 Å². The maximum absolute atomic E-state index is 11.3. The zero-order valence-corrected chi connectivity index (χ0v) is 10.9. The first-order valence-corrected chi connectivity index (χ1v) is 5.93. The molecule has 0 aliphatic heterocycles. The zero-order chi connectivity index (χ0) is 12.8. The van der Waals surface area contributed by atoms with Crippen molar-refractivity contribution >= 4 is 5.97 Å². The molecule has 1 aromatic rings. The number of rotatable bonds is 5. The molecule has 17 heavy (non-hydrogen) atoms. The Balaban J connectivity index is 2.87. The van der Waals surface area contributed by atoms with Crippen LogP contribution in [0.1, 0.15) is 38.7 Å². The molecule has 3 heteroatoms. The van der Waals surface area contributed by atoms with Gasteiger partial charge in [-0.1, -0.05) is 32.0 Å². The third kappa shape index (κ3) is 3.48. The van der Waals surface area contributed by atoms with E-state index in [9.17, 15) is 4.79 Å². The number of hydrogen-bond donors (Lipinski definition) is 0. The van der Waals surface area contributed by atoms with E-state index in [0.29, 0.717) is 5.92 Å². The predicted octanol–water partition coefficient (Wildman–Crippen LogP) is 3.14. The smallest absolute Gasteiger partial charge is 0.346 e. The molecule has 2 atom stereocenters. The number of esters is 1. The van der Waals surface area contributed by atoms with Gasteiger partial charge < -0.3 is 9.47 Å². The van der Waals surface area contributed by atoms with Gasteiger partial charge in [0.1, 0.15) is 5.75 Å². The molecule has 0 saturated heterocycles. The van der Waals surface area contributed by atoms with Gasteiger partial charge in [-0.05, 0) is 30.9 Å². The lowest BCUT2D eigenvalue weighted by Gasteiger charge is -2.18. The molecule has 1 rings (SSSR count). The van der Waals surface area contributed by atoms with Gasteiger partial charge in [0.15, 0.2) is 6.10 Å². The average molecular weight is 236 g/mol. The fourth-order valence-corrected chi connectivity index (χ4v) is 1.62. The van der Waals surface area contributed by atoms with E-state index in [-0.39, 0.29) is 5.97 Å². The first-order valence-electron chi connectivity index (χ1n) is 5.93. The lowest BCUT2D eigenvalue weighted by molar-refractivity contribution is -0.147. The second-order valence-electron chi connectivity index (χ2n) is 4.13. The average Bonchev–Trinajstić information content (AvgIpc) is 2.37. The van der Waals surface area contributed by atoms with Crippen LogP contribution in [-0.2, 0) is 9.53 Å². The minimum absolute atomic E-state index is 0.357. The first kappa shape index (κ1) is 13.6. The number of ether oxygens (including phenoxy) is 2. The van der Waals surface area contributed by atoms with Crippen molar-refractivity contribution in [2.45, 2.75) is 39.2 Å². The Hall–Kier alpha value is -1.51. The van der Waals surface area contributed by atoms with Crippen molar-refractivity contribution < 1.29 is 14.3 Å². The van der Waals surface area contributed by atoms with E-state index in [1.54, 1.807) is 6.92 Å². The van der Waals surface area contributed by atoms with Crippen LogP contribution in [0.5, 0.6) is 5.75 Å². The highest BCUT2D eigenvalue weighted by Crippen LogP contribution is 2.29. The van der Waals surface area contributed by atoms with Crippen LogP contribution >= 0.6 is 0 Å². The van der Waals surface area contributed by atoms with E-state index >= 15 is 0 Å². The number of para-hydroxylation sites is 1. The van der Waals surface area contributed by atoms with Gasteiger partial charge in [0, 0.05) is 0 Å². The minimum atomic E-state index is -0.579. The van der Waals surface area contributed by atoms with Gasteiger partial charge in [-0.2, -0.15) is 0 Å². The third-order valence-corrected chi connectivity index (χ3v) is 2.90. The highest BCUT2D eigenvalue weighted by Gasteiger charge is 2.17. The topological polar surface area (TPSA) is 35.5 Å². The van der Waals surface area contributed by atoms with Gasteiger partial charge >= 0.3 is 5.97 Å². The summed E-state index contributed by atoms with van der Waals surface area (Å²) in [7, 11) is 1.36. The van der Waals surface area contributed by atoms with Crippen LogP contribution in [0.4, 0.5) is 0 Å². The quantitative estimate of drug-likeness (QED) is 0.737. The molecule has 2 unspecified atom stereocenters. The van der Waals surface area contributed by atoms with Gasteiger partial charge in [-0.3, -0.25) is 0 Å². The largest absolute Gasteiger partial charge is 0.479 e.